The second kappa shape index (κ2) is 2.34. The summed E-state index contributed by atoms with van der Waals surface area (Å²) in [6, 6.07) is 0. The maximum Gasteiger partial charge on any atom is 0.339 e. The van der Waals surface area contributed by atoms with Gasteiger partial charge in [0.2, 0.25) is 0 Å². The molecule has 1 heterocycles. The molecule has 0 bridgehead atoms. The van der Waals surface area contributed by atoms with Gasteiger partial charge in [-0.1, -0.05) is 11.6 Å². The zero-order valence-corrected chi connectivity index (χ0v) is 7.18. The van der Waals surface area contributed by atoms with Crippen LogP contribution in [-0.2, 0) is 9.53 Å². The van der Waals surface area contributed by atoms with E-state index in [4.69, 9.17) is 4.74 Å². The Morgan fingerprint density at radius 1 is 1.42 bits per heavy atom. The predicted octanol–water partition coefficient (Wildman–Crippen LogP) is 2.09. The largest absolute Gasteiger partial charge is 0.423 e. The third-order valence-electron chi connectivity index (χ3n) is 2.25. The third-order valence-corrected chi connectivity index (χ3v) is 2.25. The van der Waals surface area contributed by atoms with E-state index < -0.39 is 0 Å². The SMILES string of the molecule is CC1=CCC2=C(C)C(=O)OC2=C1. The number of fused-ring (bicyclic) bond motifs is 1. The van der Waals surface area contributed by atoms with Crippen LogP contribution in [-0.4, -0.2) is 5.97 Å². The summed E-state index contributed by atoms with van der Waals surface area (Å²) in [6.07, 6.45) is 4.84. The van der Waals surface area contributed by atoms with E-state index in [-0.39, 0.29) is 5.97 Å². The van der Waals surface area contributed by atoms with E-state index in [0.29, 0.717) is 0 Å². The number of ether oxygens (including phenoxy) is 1. The molecule has 2 rings (SSSR count). The molecule has 0 N–H and O–H groups in total. The fourth-order valence-corrected chi connectivity index (χ4v) is 1.45. The van der Waals surface area contributed by atoms with Crippen LogP contribution in [0.3, 0.4) is 0 Å². The van der Waals surface area contributed by atoms with E-state index in [0.717, 1.165) is 28.9 Å². The minimum Gasteiger partial charge on any atom is -0.423 e. The highest BCUT2D eigenvalue weighted by molar-refractivity contribution is 5.94. The summed E-state index contributed by atoms with van der Waals surface area (Å²) in [5.41, 5.74) is 2.96. The lowest BCUT2D eigenvalue weighted by molar-refractivity contribution is -0.133. The first kappa shape index (κ1) is 7.35. The maximum atomic E-state index is 11.1. The normalized spacial score (nSPS) is 21.7. The summed E-state index contributed by atoms with van der Waals surface area (Å²) in [4.78, 5) is 11.1. The lowest BCUT2D eigenvalue weighted by Gasteiger charge is -2.07. The molecular weight excluding hydrogens is 152 g/mol. The molecule has 62 valence electrons. The molecule has 0 saturated carbocycles. The molecule has 0 unspecified atom stereocenters. The molecular formula is C10H10O2. The fourth-order valence-electron chi connectivity index (χ4n) is 1.45. The Labute approximate surface area is 71.2 Å². The van der Waals surface area contributed by atoms with Crippen LogP contribution in [0.15, 0.2) is 34.6 Å². The van der Waals surface area contributed by atoms with Gasteiger partial charge in [0.1, 0.15) is 5.76 Å². The van der Waals surface area contributed by atoms with E-state index in [1.165, 1.54) is 0 Å². The van der Waals surface area contributed by atoms with Crippen LogP contribution < -0.4 is 0 Å². The van der Waals surface area contributed by atoms with E-state index >= 15 is 0 Å². The van der Waals surface area contributed by atoms with Gasteiger partial charge < -0.3 is 4.74 Å². The van der Waals surface area contributed by atoms with Crippen molar-refractivity contribution in [2.45, 2.75) is 20.3 Å². The first-order chi connectivity index (χ1) is 5.68. The zero-order chi connectivity index (χ0) is 8.72. The van der Waals surface area contributed by atoms with Gasteiger partial charge in [-0.25, -0.2) is 4.79 Å². The van der Waals surface area contributed by atoms with Crippen molar-refractivity contribution in [2.24, 2.45) is 0 Å². The smallest absolute Gasteiger partial charge is 0.339 e. The summed E-state index contributed by atoms with van der Waals surface area (Å²) in [5, 5.41) is 0. The number of hydrogen-bond donors (Lipinski definition) is 0. The molecule has 0 aromatic heterocycles. The van der Waals surface area contributed by atoms with Crippen molar-refractivity contribution >= 4 is 5.97 Å². The van der Waals surface area contributed by atoms with E-state index in [2.05, 4.69) is 6.08 Å². The Morgan fingerprint density at radius 2 is 2.17 bits per heavy atom. The molecule has 2 nitrogen and oxygen atoms in total. The Hall–Kier alpha value is -1.31. The van der Waals surface area contributed by atoms with Gasteiger partial charge in [-0.3, -0.25) is 0 Å². The molecule has 0 aromatic carbocycles. The maximum absolute atomic E-state index is 11.1. The minimum atomic E-state index is -0.195. The van der Waals surface area contributed by atoms with E-state index in [1.807, 2.05) is 19.9 Å². The lowest BCUT2D eigenvalue weighted by atomic mass is 9.99. The summed E-state index contributed by atoms with van der Waals surface area (Å²) in [7, 11) is 0. The quantitative estimate of drug-likeness (QED) is 0.510. The van der Waals surface area contributed by atoms with Gasteiger partial charge >= 0.3 is 5.97 Å². The van der Waals surface area contributed by atoms with Crippen LogP contribution in [0.25, 0.3) is 0 Å². The highest BCUT2D eigenvalue weighted by atomic mass is 16.5. The number of carbonyl (C=O) groups is 1. The monoisotopic (exact) mass is 162 g/mol. The van der Waals surface area contributed by atoms with E-state index in [1.54, 1.807) is 0 Å². The fraction of sp³-hybridized carbons (Fsp3) is 0.300. The van der Waals surface area contributed by atoms with Gasteiger partial charge in [0, 0.05) is 11.1 Å². The second-order valence-electron chi connectivity index (χ2n) is 3.15. The van der Waals surface area contributed by atoms with Crippen LogP contribution in [0, 0.1) is 0 Å². The number of carbonyl (C=O) groups excluding carboxylic acids is 1. The van der Waals surface area contributed by atoms with Crippen molar-refractivity contribution < 1.29 is 9.53 Å². The van der Waals surface area contributed by atoms with Gasteiger partial charge in [0.15, 0.2) is 0 Å². The van der Waals surface area contributed by atoms with Crippen molar-refractivity contribution in [1.82, 2.24) is 0 Å². The molecule has 2 aliphatic rings. The van der Waals surface area contributed by atoms with Crippen LogP contribution in [0.5, 0.6) is 0 Å². The van der Waals surface area contributed by atoms with Crippen LogP contribution in [0.1, 0.15) is 20.3 Å². The zero-order valence-electron chi connectivity index (χ0n) is 7.18. The minimum absolute atomic E-state index is 0.195. The van der Waals surface area contributed by atoms with Gasteiger partial charge in [-0.15, -0.1) is 0 Å². The summed E-state index contributed by atoms with van der Waals surface area (Å²) in [6.45, 7) is 3.82. The molecule has 0 spiro atoms. The lowest BCUT2D eigenvalue weighted by Crippen LogP contribution is -1.95. The van der Waals surface area contributed by atoms with Crippen molar-refractivity contribution in [2.75, 3.05) is 0 Å². The number of hydrogen-bond acceptors (Lipinski definition) is 2. The summed E-state index contributed by atoms with van der Waals surface area (Å²) < 4.78 is 5.06. The molecule has 1 aliphatic carbocycles. The van der Waals surface area contributed by atoms with Crippen LogP contribution in [0.4, 0.5) is 0 Å². The number of esters is 1. The van der Waals surface area contributed by atoms with Crippen molar-refractivity contribution in [3.05, 3.63) is 34.6 Å². The van der Waals surface area contributed by atoms with E-state index in [9.17, 15) is 4.79 Å². The van der Waals surface area contributed by atoms with Gasteiger partial charge in [0.05, 0.1) is 0 Å². The van der Waals surface area contributed by atoms with Crippen LogP contribution in [0.2, 0.25) is 0 Å². The van der Waals surface area contributed by atoms with Crippen molar-refractivity contribution in [3.8, 4) is 0 Å². The van der Waals surface area contributed by atoms with Crippen LogP contribution >= 0.6 is 0 Å². The standard InChI is InChI=1S/C10H10O2/c1-6-3-4-8-7(2)10(11)12-9(8)5-6/h3,5H,4H2,1-2H3. The molecule has 1 aliphatic heterocycles. The Kier molecular flexibility index (Phi) is 1.43. The van der Waals surface area contributed by atoms with Gasteiger partial charge in [-0.05, 0) is 26.3 Å². The molecule has 12 heavy (non-hydrogen) atoms. The average Bonchev–Trinajstić information content (AvgIpc) is 2.28. The molecule has 0 saturated heterocycles. The molecule has 2 heteroatoms. The molecule has 0 aromatic rings. The van der Waals surface area contributed by atoms with Gasteiger partial charge in [0.25, 0.3) is 0 Å². The van der Waals surface area contributed by atoms with Crippen molar-refractivity contribution in [3.63, 3.8) is 0 Å². The summed E-state index contributed by atoms with van der Waals surface area (Å²) in [5.74, 6) is 0.553. The Bertz CT molecular complexity index is 343. The molecule has 0 atom stereocenters. The first-order valence-electron chi connectivity index (χ1n) is 3.99. The Morgan fingerprint density at radius 3 is 2.92 bits per heavy atom. The number of allylic oxidation sites excluding steroid dienone is 4. The molecule has 0 amide bonds. The summed E-state index contributed by atoms with van der Waals surface area (Å²) >= 11 is 0. The Balaban J connectivity index is 2.47. The molecule has 0 radical (unpaired) electrons. The topological polar surface area (TPSA) is 26.3 Å². The highest BCUT2D eigenvalue weighted by Gasteiger charge is 2.26. The number of rotatable bonds is 0. The second-order valence-corrected chi connectivity index (χ2v) is 3.15. The first-order valence-corrected chi connectivity index (χ1v) is 3.99. The van der Waals surface area contributed by atoms with Gasteiger partial charge in [-0.2, -0.15) is 0 Å². The average molecular weight is 162 g/mol. The highest BCUT2D eigenvalue weighted by Crippen LogP contribution is 2.32. The molecule has 0 fully saturated rings. The predicted molar refractivity (Wildman–Crippen MR) is 45.2 cm³/mol. The van der Waals surface area contributed by atoms with Crippen molar-refractivity contribution in [1.29, 1.82) is 0 Å². The third kappa shape index (κ3) is 0.916.